The lowest BCUT2D eigenvalue weighted by molar-refractivity contribution is -0.126. The number of hydrogen-bond donors (Lipinski definition) is 1. The molecule has 0 aliphatic carbocycles. The van der Waals surface area contributed by atoms with Crippen LogP contribution in [0.15, 0.2) is 57.4 Å². The molecule has 3 aromatic rings. The lowest BCUT2D eigenvalue weighted by atomic mass is 9.95. The first kappa shape index (κ1) is 18.0. The number of aromatic nitrogens is 1. The number of halogens is 1. The number of hydrogen-bond acceptors (Lipinski definition) is 4. The predicted molar refractivity (Wildman–Crippen MR) is 110 cm³/mol. The number of amides is 1. The third kappa shape index (κ3) is 4.00. The van der Waals surface area contributed by atoms with E-state index < -0.39 is 0 Å². The Kier molecular flexibility index (Phi) is 5.16. The number of para-hydroxylation sites is 2. The molecule has 1 saturated heterocycles. The zero-order valence-corrected chi connectivity index (χ0v) is 16.8. The normalized spacial score (nSPS) is 16.4. The first-order valence-corrected chi connectivity index (χ1v) is 10.1. The molecule has 2 heterocycles. The second-order valence-electron chi connectivity index (χ2n) is 7.01. The highest BCUT2D eigenvalue weighted by Gasteiger charge is 2.28. The minimum Gasteiger partial charge on any atom is -0.423 e. The number of rotatable bonds is 4. The van der Waals surface area contributed by atoms with Crippen LogP contribution in [0.3, 0.4) is 0 Å². The van der Waals surface area contributed by atoms with Crippen molar-refractivity contribution in [1.29, 1.82) is 0 Å². The Morgan fingerprint density at radius 1 is 1.19 bits per heavy atom. The first-order chi connectivity index (χ1) is 13.1. The lowest BCUT2D eigenvalue weighted by Crippen LogP contribution is -2.41. The van der Waals surface area contributed by atoms with E-state index in [0.717, 1.165) is 47.1 Å². The van der Waals surface area contributed by atoms with Crippen molar-refractivity contribution in [3.8, 4) is 0 Å². The van der Waals surface area contributed by atoms with Crippen LogP contribution in [0.2, 0.25) is 0 Å². The van der Waals surface area contributed by atoms with Crippen LogP contribution in [-0.2, 0) is 4.79 Å². The molecule has 2 aromatic carbocycles. The van der Waals surface area contributed by atoms with Crippen LogP contribution in [0.25, 0.3) is 11.1 Å². The Balaban J connectivity index is 1.34. The van der Waals surface area contributed by atoms with Crippen molar-refractivity contribution in [2.24, 2.45) is 5.92 Å². The van der Waals surface area contributed by atoms with Crippen molar-refractivity contribution in [3.05, 3.63) is 58.6 Å². The van der Waals surface area contributed by atoms with Gasteiger partial charge in [0, 0.05) is 23.5 Å². The van der Waals surface area contributed by atoms with Gasteiger partial charge >= 0.3 is 0 Å². The molecule has 140 valence electrons. The van der Waals surface area contributed by atoms with Crippen LogP contribution in [0.5, 0.6) is 0 Å². The molecule has 1 atom stereocenters. The smallest absolute Gasteiger partial charge is 0.298 e. The summed E-state index contributed by atoms with van der Waals surface area (Å²) in [6.45, 7) is 3.57. The summed E-state index contributed by atoms with van der Waals surface area (Å²) in [4.78, 5) is 19.3. The van der Waals surface area contributed by atoms with E-state index in [1.807, 2.05) is 55.5 Å². The maximum Gasteiger partial charge on any atom is 0.298 e. The summed E-state index contributed by atoms with van der Waals surface area (Å²) in [6, 6.07) is 16.5. The fraction of sp³-hybridized carbons (Fsp3) is 0.333. The average molecular weight is 428 g/mol. The van der Waals surface area contributed by atoms with Crippen molar-refractivity contribution in [1.82, 2.24) is 10.3 Å². The second-order valence-corrected chi connectivity index (χ2v) is 7.92. The van der Waals surface area contributed by atoms with Gasteiger partial charge in [0.25, 0.3) is 6.01 Å². The van der Waals surface area contributed by atoms with Gasteiger partial charge in [0.15, 0.2) is 5.58 Å². The number of nitrogens with one attached hydrogen (secondary N) is 1. The molecule has 0 radical (unpaired) electrons. The number of benzene rings is 2. The molecule has 1 aromatic heterocycles. The van der Waals surface area contributed by atoms with Crippen LogP contribution in [-0.4, -0.2) is 24.0 Å². The van der Waals surface area contributed by atoms with Gasteiger partial charge in [0.05, 0.1) is 6.04 Å². The van der Waals surface area contributed by atoms with Gasteiger partial charge in [-0.25, -0.2) is 0 Å². The second kappa shape index (κ2) is 7.72. The summed E-state index contributed by atoms with van der Waals surface area (Å²) in [5, 5.41) is 3.15. The zero-order valence-electron chi connectivity index (χ0n) is 15.2. The number of oxazole rings is 1. The van der Waals surface area contributed by atoms with Gasteiger partial charge in [-0.15, -0.1) is 0 Å². The lowest BCUT2D eigenvalue weighted by Gasteiger charge is -2.30. The molecule has 27 heavy (non-hydrogen) atoms. The summed E-state index contributed by atoms with van der Waals surface area (Å²) < 4.78 is 6.88. The van der Waals surface area contributed by atoms with Gasteiger partial charge in [-0.3, -0.25) is 4.79 Å². The standard InChI is InChI=1S/C21H22BrN3O2/c1-14(15-6-8-17(22)9-7-15)23-20(26)16-10-12-25(13-11-16)21-24-18-4-2-3-5-19(18)27-21/h2-9,14,16H,10-13H2,1H3,(H,23,26). The third-order valence-electron chi connectivity index (χ3n) is 5.15. The van der Waals surface area contributed by atoms with E-state index in [9.17, 15) is 4.79 Å². The van der Waals surface area contributed by atoms with Crippen LogP contribution in [0, 0.1) is 5.92 Å². The number of fused-ring (bicyclic) bond motifs is 1. The molecule has 5 nitrogen and oxygen atoms in total. The van der Waals surface area contributed by atoms with E-state index in [1.165, 1.54) is 0 Å². The fourth-order valence-corrected chi connectivity index (χ4v) is 3.76. The van der Waals surface area contributed by atoms with Crippen molar-refractivity contribution in [2.45, 2.75) is 25.8 Å². The van der Waals surface area contributed by atoms with Crippen LogP contribution >= 0.6 is 15.9 Å². The first-order valence-electron chi connectivity index (χ1n) is 9.26. The molecule has 0 bridgehead atoms. The van der Waals surface area contributed by atoms with Crippen LogP contribution < -0.4 is 10.2 Å². The maximum atomic E-state index is 12.7. The molecule has 0 spiro atoms. The monoisotopic (exact) mass is 427 g/mol. The molecule has 1 aliphatic rings. The van der Waals surface area contributed by atoms with E-state index in [2.05, 4.69) is 31.1 Å². The van der Waals surface area contributed by atoms with Gasteiger partial charge < -0.3 is 14.6 Å². The van der Waals surface area contributed by atoms with E-state index in [4.69, 9.17) is 4.42 Å². The average Bonchev–Trinajstić information content (AvgIpc) is 3.13. The minimum absolute atomic E-state index is 0.000620. The Hall–Kier alpha value is -2.34. The van der Waals surface area contributed by atoms with Crippen LogP contribution in [0.1, 0.15) is 31.4 Å². The topological polar surface area (TPSA) is 58.4 Å². The Morgan fingerprint density at radius 2 is 1.89 bits per heavy atom. The summed E-state index contributed by atoms with van der Waals surface area (Å²) >= 11 is 3.44. The minimum atomic E-state index is 0.000620. The van der Waals surface area contributed by atoms with Crippen molar-refractivity contribution >= 4 is 39.0 Å². The molecule has 1 unspecified atom stereocenters. The highest BCUT2D eigenvalue weighted by Crippen LogP contribution is 2.27. The predicted octanol–water partition coefficient (Wildman–Crippen LogP) is 4.68. The van der Waals surface area contributed by atoms with Crippen molar-refractivity contribution < 1.29 is 9.21 Å². The van der Waals surface area contributed by atoms with Crippen LogP contribution in [0.4, 0.5) is 6.01 Å². The van der Waals surface area contributed by atoms with E-state index in [-0.39, 0.29) is 17.9 Å². The van der Waals surface area contributed by atoms with E-state index >= 15 is 0 Å². The molecule has 0 saturated carbocycles. The summed E-state index contributed by atoms with van der Waals surface area (Å²) in [7, 11) is 0. The number of nitrogens with zero attached hydrogens (tertiary/aromatic N) is 2. The Labute approximate surface area is 166 Å². The molecule has 1 aliphatic heterocycles. The number of carbonyl (C=O) groups is 1. The maximum absolute atomic E-state index is 12.7. The summed E-state index contributed by atoms with van der Waals surface area (Å²) in [5.74, 6) is 0.158. The summed E-state index contributed by atoms with van der Waals surface area (Å²) in [6.07, 6.45) is 1.61. The number of carbonyl (C=O) groups excluding carboxylic acids is 1. The van der Waals surface area contributed by atoms with Crippen molar-refractivity contribution in [3.63, 3.8) is 0 Å². The van der Waals surface area contributed by atoms with Gasteiger partial charge in [-0.2, -0.15) is 4.98 Å². The molecular formula is C21H22BrN3O2. The highest BCUT2D eigenvalue weighted by atomic mass is 79.9. The van der Waals surface area contributed by atoms with Crippen molar-refractivity contribution in [2.75, 3.05) is 18.0 Å². The Bertz CT molecular complexity index is 897. The molecule has 1 N–H and O–H groups in total. The highest BCUT2D eigenvalue weighted by molar-refractivity contribution is 9.10. The molecule has 1 fully saturated rings. The van der Waals surface area contributed by atoms with E-state index in [1.54, 1.807) is 0 Å². The zero-order chi connectivity index (χ0) is 18.8. The number of piperidine rings is 1. The van der Waals surface area contributed by atoms with E-state index in [0.29, 0.717) is 6.01 Å². The SMILES string of the molecule is CC(NC(=O)C1CCN(c2nc3ccccc3o2)CC1)c1ccc(Br)cc1. The third-order valence-corrected chi connectivity index (χ3v) is 5.68. The fourth-order valence-electron chi connectivity index (χ4n) is 3.49. The quantitative estimate of drug-likeness (QED) is 0.656. The van der Waals surface area contributed by atoms with Gasteiger partial charge in [0.1, 0.15) is 5.52 Å². The molecule has 6 heteroatoms. The Morgan fingerprint density at radius 3 is 2.59 bits per heavy atom. The van der Waals surface area contributed by atoms with Gasteiger partial charge in [0.2, 0.25) is 5.91 Å². The van der Waals surface area contributed by atoms with Gasteiger partial charge in [-0.1, -0.05) is 40.2 Å². The van der Waals surface area contributed by atoms with Gasteiger partial charge in [-0.05, 0) is 49.6 Å². The molecule has 1 amide bonds. The summed E-state index contributed by atoms with van der Waals surface area (Å²) in [5.41, 5.74) is 2.78. The molecule has 4 rings (SSSR count). The number of anilines is 1. The molecular weight excluding hydrogens is 406 g/mol. The largest absolute Gasteiger partial charge is 0.423 e.